The smallest absolute Gasteiger partial charge is 0.137 e. The Morgan fingerprint density at radius 3 is 3.00 bits per heavy atom. The lowest BCUT2D eigenvalue weighted by Crippen LogP contribution is -2.18. The number of nitrogens with zero attached hydrogens (tertiary/aromatic N) is 3. The number of nitrogens with one attached hydrogen (secondary N) is 1. The minimum atomic E-state index is 0.573. The van der Waals surface area contributed by atoms with E-state index in [1.54, 1.807) is 0 Å². The van der Waals surface area contributed by atoms with Gasteiger partial charge in [-0.1, -0.05) is 6.92 Å². The summed E-state index contributed by atoms with van der Waals surface area (Å²) >= 11 is 0. The lowest BCUT2D eigenvalue weighted by molar-refractivity contribution is 0.466. The number of aromatic nitrogens is 3. The molecule has 3 heterocycles. The summed E-state index contributed by atoms with van der Waals surface area (Å²) in [4.78, 5) is 0. The van der Waals surface area contributed by atoms with E-state index >= 15 is 0 Å². The van der Waals surface area contributed by atoms with E-state index in [-0.39, 0.29) is 0 Å². The van der Waals surface area contributed by atoms with E-state index in [4.69, 9.17) is 0 Å². The van der Waals surface area contributed by atoms with Gasteiger partial charge < -0.3 is 9.88 Å². The molecule has 1 N–H and O–H groups in total. The molecule has 1 saturated heterocycles. The minimum absolute atomic E-state index is 0.573. The number of rotatable bonds is 1. The van der Waals surface area contributed by atoms with Crippen molar-refractivity contribution in [1.29, 1.82) is 0 Å². The van der Waals surface area contributed by atoms with Crippen LogP contribution in [0.1, 0.15) is 37.3 Å². The van der Waals surface area contributed by atoms with Crippen LogP contribution >= 0.6 is 0 Å². The Labute approximate surface area is 90.1 Å². The van der Waals surface area contributed by atoms with E-state index < -0.39 is 0 Å². The molecule has 4 nitrogen and oxygen atoms in total. The molecule has 0 spiro atoms. The molecule has 1 fully saturated rings. The molecule has 4 heteroatoms. The first kappa shape index (κ1) is 9.33. The molecule has 3 rings (SSSR count). The highest BCUT2D eigenvalue weighted by atomic mass is 15.3. The molecular formula is C11H18N4. The van der Waals surface area contributed by atoms with Crippen molar-refractivity contribution >= 4 is 0 Å². The third-order valence-electron chi connectivity index (χ3n) is 3.74. The largest absolute Gasteiger partial charge is 0.316 e. The van der Waals surface area contributed by atoms with Crippen molar-refractivity contribution in [3.8, 4) is 0 Å². The van der Waals surface area contributed by atoms with Crippen molar-refractivity contribution in [2.24, 2.45) is 5.92 Å². The van der Waals surface area contributed by atoms with Crippen molar-refractivity contribution < 1.29 is 0 Å². The van der Waals surface area contributed by atoms with Crippen LogP contribution in [-0.4, -0.2) is 27.9 Å². The monoisotopic (exact) mass is 206 g/mol. The predicted molar refractivity (Wildman–Crippen MR) is 57.7 cm³/mol. The van der Waals surface area contributed by atoms with Crippen LogP contribution in [0.15, 0.2) is 0 Å². The standard InChI is InChI=1S/C11H18N4/c1-8-6-12-7-9(8)11-14-13-10-4-2-3-5-15(10)11/h8-9,12H,2-7H2,1H3. The molecule has 0 aliphatic carbocycles. The molecule has 82 valence electrons. The first-order chi connectivity index (χ1) is 7.36. The lowest BCUT2D eigenvalue weighted by Gasteiger charge is -2.19. The zero-order chi connectivity index (χ0) is 10.3. The Morgan fingerprint density at radius 1 is 1.27 bits per heavy atom. The Balaban J connectivity index is 1.94. The van der Waals surface area contributed by atoms with Crippen LogP contribution in [0.2, 0.25) is 0 Å². The van der Waals surface area contributed by atoms with Gasteiger partial charge in [-0.15, -0.1) is 10.2 Å². The topological polar surface area (TPSA) is 42.7 Å². The summed E-state index contributed by atoms with van der Waals surface area (Å²) in [5, 5.41) is 12.2. The highest BCUT2D eigenvalue weighted by molar-refractivity contribution is 5.08. The van der Waals surface area contributed by atoms with Gasteiger partial charge in [0.25, 0.3) is 0 Å². The second kappa shape index (κ2) is 3.59. The minimum Gasteiger partial charge on any atom is -0.316 e. The van der Waals surface area contributed by atoms with Crippen molar-refractivity contribution in [1.82, 2.24) is 20.1 Å². The van der Waals surface area contributed by atoms with Gasteiger partial charge >= 0.3 is 0 Å². The maximum absolute atomic E-state index is 4.40. The molecule has 15 heavy (non-hydrogen) atoms. The summed E-state index contributed by atoms with van der Waals surface area (Å²) in [5.41, 5.74) is 0. The van der Waals surface area contributed by atoms with E-state index in [9.17, 15) is 0 Å². The zero-order valence-corrected chi connectivity index (χ0v) is 9.24. The molecule has 2 aliphatic heterocycles. The zero-order valence-electron chi connectivity index (χ0n) is 9.24. The number of aryl methyl sites for hydroxylation is 1. The van der Waals surface area contributed by atoms with E-state index in [0.29, 0.717) is 11.8 Å². The number of hydrogen-bond donors (Lipinski definition) is 1. The van der Waals surface area contributed by atoms with Crippen molar-refractivity contribution in [2.45, 2.75) is 38.6 Å². The van der Waals surface area contributed by atoms with Crippen LogP contribution in [0.5, 0.6) is 0 Å². The Bertz CT molecular complexity index is 357. The number of fused-ring (bicyclic) bond motifs is 1. The van der Waals surface area contributed by atoms with Crippen molar-refractivity contribution in [3.05, 3.63) is 11.6 Å². The van der Waals surface area contributed by atoms with Crippen molar-refractivity contribution in [3.63, 3.8) is 0 Å². The van der Waals surface area contributed by atoms with Crippen LogP contribution in [0, 0.1) is 5.92 Å². The van der Waals surface area contributed by atoms with Gasteiger partial charge in [0.2, 0.25) is 0 Å². The molecule has 1 aromatic rings. The third kappa shape index (κ3) is 1.47. The first-order valence-electron chi connectivity index (χ1n) is 5.99. The quantitative estimate of drug-likeness (QED) is 0.743. The average molecular weight is 206 g/mol. The second-order valence-corrected chi connectivity index (χ2v) is 4.83. The summed E-state index contributed by atoms with van der Waals surface area (Å²) in [6, 6.07) is 0. The van der Waals surface area contributed by atoms with Gasteiger partial charge in [0.15, 0.2) is 0 Å². The molecule has 0 saturated carbocycles. The summed E-state index contributed by atoms with van der Waals surface area (Å²) in [6.45, 7) is 5.61. The maximum Gasteiger partial charge on any atom is 0.137 e. The Hall–Kier alpha value is -0.900. The van der Waals surface area contributed by atoms with Crippen molar-refractivity contribution in [2.75, 3.05) is 13.1 Å². The fourth-order valence-corrected chi connectivity index (χ4v) is 2.76. The highest BCUT2D eigenvalue weighted by Crippen LogP contribution is 2.28. The van der Waals surface area contributed by atoms with Gasteiger partial charge in [-0.3, -0.25) is 0 Å². The average Bonchev–Trinajstić information content (AvgIpc) is 2.83. The maximum atomic E-state index is 4.40. The van der Waals surface area contributed by atoms with Gasteiger partial charge in [0.05, 0.1) is 0 Å². The second-order valence-electron chi connectivity index (χ2n) is 4.83. The SMILES string of the molecule is CC1CNCC1c1nnc2n1CCCC2. The summed E-state index contributed by atoms with van der Waals surface area (Å²) in [6.07, 6.45) is 3.67. The van der Waals surface area contributed by atoms with E-state index in [1.807, 2.05) is 0 Å². The molecule has 2 atom stereocenters. The predicted octanol–water partition coefficient (Wildman–Crippen LogP) is 0.937. The molecule has 1 aromatic heterocycles. The summed E-state index contributed by atoms with van der Waals surface area (Å²) < 4.78 is 2.36. The summed E-state index contributed by atoms with van der Waals surface area (Å²) in [7, 11) is 0. The normalized spacial score (nSPS) is 30.5. The molecule has 0 bridgehead atoms. The highest BCUT2D eigenvalue weighted by Gasteiger charge is 2.30. The third-order valence-corrected chi connectivity index (χ3v) is 3.74. The van der Waals surface area contributed by atoms with E-state index in [0.717, 1.165) is 26.1 Å². The van der Waals surface area contributed by atoms with Gasteiger partial charge in [0.1, 0.15) is 11.6 Å². The first-order valence-corrected chi connectivity index (χ1v) is 5.99. The Morgan fingerprint density at radius 2 is 2.20 bits per heavy atom. The van der Waals surface area contributed by atoms with Gasteiger partial charge in [-0.2, -0.15) is 0 Å². The van der Waals surface area contributed by atoms with Crippen LogP contribution in [0.4, 0.5) is 0 Å². The molecule has 2 unspecified atom stereocenters. The molecule has 0 amide bonds. The number of hydrogen-bond acceptors (Lipinski definition) is 3. The lowest BCUT2D eigenvalue weighted by atomic mass is 9.97. The molecular weight excluding hydrogens is 188 g/mol. The molecule has 2 aliphatic rings. The van der Waals surface area contributed by atoms with Gasteiger partial charge in [0, 0.05) is 25.4 Å². The van der Waals surface area contributed by atoms with Crippen LogP contribution in [-0.2, 0) is 13.0 Å². The van der Waals surface area contributed by atoms with Crippen LogP contribution in [0.3, 0.4) is 0 Å². The Kier molecular flexibility index (Phi) is 2.24. The van der Waals surface area contributed by atoms with E-state index in [1.165, 1.54) is 24.5 Å². The molecule has 0 aromatic carbocycles. The fraction of sp³-hybridized carbons (Fsp3) is 0.818. The molecule has 0 radical (unpaired) electrons. The van der Waals surface area contributed by atoms with Gasteiger partial charge in [-0.25, -0.2) is 0 Å². The van der Waals surface area contributed by atoms with Crippen LogP contribution in [0.25, 0.3) is 0 Å². The van der Waals surface area contributed by atoms with Gasteiger partial charge in [-0.05, 0) is 25.3 Å². The summed E-state index contributed by atoms with van der Waals surface area (Å²) in [5.74, 6) is 3.70. The van der Waals surface area contributed by atoms with E-state index in [2.05, 4.69) is 27.0 Å². The van der Waals surface area contributed by atoms with Crippen LogP contribution < -0.4 is 5.32 Å². The fourth-order valence-electron chi connectivity index (χ4n) is 2.76.